The van der Waals surface area contributed by atoms with Crippen molar-refractivity contribution in [3.05, 3.63) is 5.92 Å². The van der Waals surface area contributed by atoms with E-state index in [0.717, 1.165) is 0 Å². The second kappa shape index (κ2) is 3.38. The third-order valence-corrected chi connectivity index (χ3v) is 1.56. The van der Waals surface area contributed by atoms with E-state index in [4.69, 9.17) is 11.0 Å². The van der Waals surface area contributed by atoms with Gasteiger partial charge in [0.25, 0.3) is 0 Å². The molecule has 3 heteroatoms. The number of nitriles is 1. The van der Waals surface area contributed by atoms with Gasteiger partial charge >= 0.3 is 0 Å². The first-order chi connectivity index (χ1) is 4.90. The van der Waals surface area contributed by atoms with E-state index in [9.17, 15) is 4.79 Å². The molecular weight excluding hydrogens is 140 g/mol. The standard InChI is InChI=1S/C8H13N2O/c1-6(5-9)4-8(2,3)7(10)11/h4H2,1-3H3,(H2,10,11). The van der Waals surface area contributed by atoms with Crippen LogP contribution in [0, 0.1) is 22.7 Å². The number of carbonyl (C=O) groups is 1. The summed E-state index contributed by atoms with van der Waals surface area (Å²) in [5.41, 5.74) is 4.51. The minimum atomic E-state index is -0.597. The lowest BCUT2D eigenvalue weighted by Gasteiger charge is -2.20. The van der Waals surface area contributed by atoms with Crippen LogP contribution >= 0.6 is 0 Å². The van der Waals surface area contributed by atoms with Crippen LogP contribution in [0.1, 0.15) is 27.2 Å². The number of carbonyl (C=O) groups excluding carboxylic acids is 1. The Labute approximate surface area is 67.2 Å². The molecule has 0 aliphatic heterocycles. The summed E-state index contributed by atoms with van der Waals surface area (Å²) in [5.74, 6) is 0.265. The van der Waals surface area contributed by atoms with Gasteiger partial charge in [0, 0.05) is 5.41 Å². The van der Waals surface area contributed by atoms with Gasteiger partial charge in [0.2, 0.25) is 5.91 Å². The maximum absolute atomic E-state index is 10.8. The predicted molar refractivity (Wildman–Crippen MR) is 42.1 cm³/mol. The number of amides is 1. The van der Waals surface area contributed by atoms with Gasteiger partial charge in [0.05, 0.1) is 12.0 Å². The van der Waals surface area contributed by atoms with Crippen LogP contribution in [0.3, 0.4) is 0 Å². The molecule has 11 heavy (non-hydrogen) atoms. The zero-order chi connectivity index (χ0) is 9.07. The van der Waals surface area contributed by atoms with E-state index in [1.165, 1.54) is 0 Å². The van der Waals surface area contributed by atoms with Crippen LogP contribution in [0.5, 0.6) is 0 Å². The second-order valence-electron chi connectivity index (χ2n) is 3.32. The molecule has 2 N–H and O–H groups in total. The molecule has 0 rings (SSSR count). The molecule has 0 aliphatic rings. The summed E-state index contributed by atoms with van der Waals surface area (Å²) >= 11 is 0. The Balaban J connectivity index is 4.15. The summed E-state index contributed by atoms with van der Waals surface area (Å²) in [4.78, 5) is 10.8. The quantitative estimate of drug-likeness (QED) is 0.657. The number of hydrogen-bond acceptors (Lipinski definition) is 2. The van der Waals surface area contributed by atoms with E-state index in [-0.39, 0.29) is 5.91 Å². The Kier molecular flexibility index (Phi) is 3.06. The van der Waals surface area contributed by atoms with Crippen LogP contribution in [-0.2, 0) is 4.79 Å². The van der Waals surface area contributed by atoms with Crippen LogP contribution in [-0.4, -0.2) is 5.91 Å². The molecule has 0 aliphatic carbocycles. The highest BCUT2D eigenvalue weighted by atomic mass is 16.1. The Morgan fingerprint density at radius 3 is 2.36 bits per heavy atom. The molecule has 0 aromatic heterocycles. The number of nitrogens with zero attached hydrogens (tertiary/aromatic N) is 1. The lowest BCUT2D eigenvalue weighted by atomic mass is 9.83. The molecule has 0 aromatic rings. The molecule has 0 bridgehead atoms. The molecular formula is C8H13N2O. The summed E-state index contributed by atoms with van der Waals surface area (Å²) in [6, 6.07) is 1.98. The average Bonchev–Trinajstić information content (AvgIpc) is 1.86. The van der Waals surface area contributed by atoms with Crippen LogP contribution in [0.2, 0.25) is 0 Å². The van der Waals surface area contributed by atoms with Gasteiger partial charge in [-0.25, -0.2) is 0 Å². The first-order valence-corrected chi connectivity index (χ1v) is 3.42. The molecule has 0 saturated heterocycles. The first kappa shape index (κ1) is 9.96. The van der Waals surface area contributed by atoms with Crippen molar-refractivity contribution in [1.82, 2.24) is 0 Å². The maximum atomic E-state index is 10.8. The van der Waals surface area contributed by atoms with E-state index < -0.39 is 5.41 Å². The number of hydrogen-bond donors (Lipinski definition) is 1. The average molecular weight is 153 g/mol. The van der Waals surface area contributed by atoms with E-state index in [1.807, 2.05) is 6.07 Å². The SMILES string of the molecule is C[C](C#N)CC(C)(C)C(N)=O. The summed E-state index contributed by atoms with van der Waals surface area (Å²) in [5, 5.41) is 8.44. The van der Waals surface area contributed by atoms with Gasteiger partial charge in [0.15, 0.2) is 0 Å². The maximum Gasteiger partial charge on any atom is 0.223 e. The molecule has 1 radical (unpaired) electrons. The Morgan fingerprint density at radius 1 is 1.64 bits per heavy atom. The smallest absolute Gasteiger partial charge is 0.223 e. The summed E-state index contributed by atoms with van der Waals surface area (Å²) in [7, 11) is 0. The molecule has 61 valence electrons. The normalized spacial score (nSPS) is 11.2. The van der Waals surface area contributed by atoms with Gasteiger partial charge in [-0.1, -0.05) is 13.8 Å². The molecule has 0 spiro atoms. The van der Waals surface area contributed by atoms with Crippen molar-refractivity contribution in [2.24, 2.45) is 11.1 Å². The fraction of sp³-hybridized carbons (Fsp3) is 0.625. The Bertz CT molecular complexity index is 191. The Hall–Kier alpha value is -1.04. The van der Waals surface area contributed by atoms with Crippen molar-refractivity contribution in [3.8, 4) is 6.07 Å². The van der Waals surface area contributed by atoms with Crippen LogP contribution in [0.25, 0.3) is 0 Å². The summed E-state index contributed by atoms with van der Waals surface area (Å²) in [6.45, 7) is 5.16. The van der Waals surface area contributed by atoms with Crippen LogP contribution in [0.4, 0.5) is 0 Å². The number of rotatable bonds is 3. The van der Waals surface area contributed by atoms with Gasteiger partial charge in [-0.05, 0) is 13.3 Å². The first-order valence-electron chi connectivity index (χ1n) is 3.42. The molecule has 0 unspecified atom stereocenters. The van der Waals surface area contributed by atoms with E-state index in [2.05, 4.69) is 0 Å². The minimum Gasteiger partial charge on any atom is -0.369 e. The second-order valence-corrected chi connectivity index (χ2v) is 3.32. The van der Waals surface area contributed by atoms with Gasteiger partial charge in [0.1, 0.15) is 0 Å². The molecule has 0 heterocycles. The van der Waals surface area contributed by atoms with Crippen molar-refractivity contribution >= 4 is 5.91 Å². The van der Waals surface area contributed by atoms with Crippen molar-refractivity contribution in [3.63, 3.8) is 0 Å². The number of primary amides is 1. The summed E-state index contributed by atoms with van der Waals surface area (Å²) in [6.07, 6.45) is 0.443. The molecule has 0 atom stereocenters. The zero-order valence-corrected chi connectivity index (χ0v) is 7.14. The minimum absolute atomic E-state index is 0.368. The van der Waals surface area contributed by atoms with Crippen molar-refractivity contribution < 1.29 is 4.79 Å². The Morgan fingerprint density at radius 2 is 2.09 bits per heavy atom. The number of nitrogens with two attached hydrogens (primary N) is 1. The highest BCUT2D eigenvalue weighted by molar-refractivity contribution is 5.80. The predicted octanol–water partition coefficient (Wildman–Crippen LogP) is 1.01. The molecule has 3 nitrogen and oxygen atoms in total. The molecule has 0 fully saturated rings. The highest BCUT2D eigenvalue weighted by Gasteiger charge is 2.27. The van der Waals surface area contributed by atoms with E-state index in [0.29, 0.717) is 12.3 Å². The largest absolute Gasteiger partial charge is 0.369 e. The van der Waals surface area contributed by atoms with Gasteiger partial charge < -0.3 is 5.73 Å². The highest BCUT2D eigenvalue weighted by Crippen LogP contribution is 2.25. The van der Waals surface area contributed by atoms with Gasteiger partial charge in [-0.3, -0.25) is 4.79 Å². The zero-order valence-electron chi connectivity index (χ0n) is 7.14. The van der Waals surface area contributed by atoms with Crippen LogP contribution in [0.15, 0.2) is 0 Å². The van der Waals surface area contributed by atoms with Gasteiger partial charge in [-0.15, -0.1) is 0 Å². The fourth-order valence-electron chi connectivity index (χ4n) is 0.790. The molecule has 0 aromatic carbocycles. The lowest BCUT2D eigenvalue weighted by molar-refractivity contribution is -0.126. The molecule has 0 saturated carbocycles. The van der Waals surface area contributed by atoms with E-state index in [1.54, 1.807) is 20.8 Å². The van der Waals surface area contributed by atoms with Crippen molar-refractivity contribution in [2.75, 3.05) is 0 Å². The molecule has 1 amide bonds. The van der Waals surface area contributed by atoms with Gasteiger partial charge in [-0.2, -0.15) is 5.26 Å². The summed E-state index contributed by atoms with van der Waals surface area (Å²) < 4.78 is 0. The third-order valence-electron chi connectivity index (χ3n) is 1.56. The van der Waals surface area contributed by atoms with Crippen molar-refractivity contribution in [1.29, 1.82) is 5.26 Å². The van der Waals surface area contributed by atoms with Crippen LogP contribution < -0.4 is 5.73 Å². The fourth-order valence-corrected chi connectivity index (χ4v) is 0.790. The monoisotopic (exact) mass is 153 g/mol. The third kappa shape index (κ3) is 3.03. The van der Waals surface area contributed by atoms with Crippen molar-refractivity contribution in [2.45, 2.75) is 27.2 Å². The van der Waals surface area contributed by atoms with E-state index >= 15 is 0 Å². The topological polar surface area (TPSA) is 66.9 Å². The lowest BCUT2D eigenvalue weighted by Crippen LogP contribution is -2.32.